The van der Waals surface area contributed by atoms with Crippen molar-refractivity contribution >= 4 is 16.8 Å². The Kier molecular flexibility index (Phi) is 4.48. The van der Waals surface area contributed by atoms with Gasteiger partial charge in [-0.25, -0.2) is 0 Å². The van der Waals surface area contributed by atoms with Crippen LogP contribution in [0.15, 0.2) is 30.5 Å². The first kappa shape index (κ1) is 18.2. The van der Waals surface area contributed by atoms with E-state index in [0.717, 1.165) is 39.0 Å². The number of likely N-dealkylation sites (tertiary alicyclic amines) is 1. The van der Waals surface area contributed by atoms with E-state index in [1.165, 1.54) is 22.9 Å². The monoisotopic (exact) mass is 381 g/mol. The predicted octanol–water partition coefficient (Wildman–Crippen LogP) is 3.07. The number of rotatable bonds is 6. The van der Waals surface area contributed by atoms with E-state index in [9.17, 15) is 4.79 Å². The lowest BCUT2D eigenvalue weighted by Crippen LogP contribution is -2.41. The number of aromatic nitrogens is 1. The molecule has 1 amide bonds. The zero-order chi connectivity index (χ0) is 19.3. The van der Waals surface area contributed by atoms with E-state index in [0.29, 0.717) is 24.4 Å². The van der Waals surface area contributed by atoms with E-state index < -0.39 is 0 Å². The molecule has 3 aliphatic heterocycles. The zero-order valence-electron chi connectivity index (χ0n) is 17.0. The fourth-order valence-corrected chi connectivity index (χ4v) is 5.91. The largest absolute Gasteiger partial charge is 0.370 e. The number of hydrogen-bond donors (Lipinski definition) is 1. The van der Waals surface area contributed by atoms with Crippen molar-refractivity contribution in [3.05, 3.63) is 36.0 Å². The highest BCUT2D eigenvalue weighted by molar-refractivity contribution is 5.80. The standard InChI is InChI=1S/C23H31N3O2/c1-3-4-22(27)24-12-18-19-14-26(15-23(19)9-7-21(18)28-23)13-16-5-6-20-17(11-16)8-10-25(20)2/h5-6,8,10-11,18-19,21H,3-4,7,9,12-15H2,1-2H3,(H,24,27)/t18-,19+,21+,23+/m0/s1. The second-order valence-corrected chi connectivity index (χ2v) is 9.07. The summed E-state index contributed by atoms with van der Waals surface area (Å²) in [4.78, 5) is 14.5. The molecule has 1 aromatic heterocycles. The maximum atomic E-state index is 11.9. The van der Waals surface area contributed by atoms with Gasteiger partial charge in [0, 0.05) is 63.2 Å². The first-order valence-corrected chi connectivity index (χ1v) is 10.8. The first-order chi connectivity index (χ1) is 13.6. The van der Waals surface area contributed by atoms with Crippen LogP contribution in [0.2, 0.25) is 0 Å². The van der Waals surface area contributed by atoms with Gasteiger partial charge in [-0.3, -0.25) is 9.69 Å². The van der Waals surface area contributed by atoms with E-state index >= 15 is 0 Å². The molecule has 2 aromatic rings. The van der Waals surface area contributed by atoms with Crippen LogP contribution < -0.4 is 5.32 Å². The van der Waals surface area contributed by atoms with Crippen molar-refractivity contribution < 1.29 is 9.53 Å². The maximum Gasteiger partial charge on any atom is 0.219 e. The van der Waals surface area contributed by atoms with Crippen LogP contribution in [-0.2, 0) is 23.1 Å². The van der Waals surface area contributed by atoms with E-state index in [1.807, 2.05) is 0 Å². The van der Waals surface area contributed by atoms with Gasteiger partial charge in [-0.15, -0.1) is 0 Å². The van der Waals surface area contributed by atoms with Crippen molar-refractivity contribution in [2.75, 3.05) is 19.6 Å². The summed E-state index contributed by atoms with van der Waals surface area (Å²) in [5.74, 6) is 1.20. The van der Waals surface area contributed by atoms with E-state index in [4.69, 9.17) is 4.74 Å². The molecule has 1 aromatic carbocycles. The smallest absolute Gasteiger partial charge is 0.219 e. The van der Waals surface area contributed by atoms with Gasteiger partial charge >= 0.3 is 0 Å². The number of carbonyl (C=O) groups excluding carboxylic acids is 1. The van der Waals surface area contributed by atoms with Crippen molar-refractivity contribution in [2.45, 2.75) is 50.9 Å². The lowest BCUT2D eigenvalue weighted by molar-refractivity contribution is -0.121. The van der Waals surface area contributed by atoms with Crippen LogP contribution >= 0.6 is 0 Å². The number of aryl methyl sites for hydroxylation is 1. The highest BCUT2D eigenvalue weighted by atomic mass is 16.5. The molecule has 0 radical (unpaired) electrons. The summed E-state index contributed by atoms with van der Waals surface area (Å²) in [6, 6.07) is 9.00. The number of hydrogen-bond acceptors (Lipinski definition) is 3. The number of carbonyl (C=O) groups is 1. The molecule has 0 saturated carbocycles. The minimum absolute atomic E-state index is 0.0294. The molecule has 3 saturated heterocycles. The molecule has 5 heteroatoms. The highest BCUT2D eigenvalue weighted by Gasteiger charge is 2.62. The number of nitrogens with zero attached hydrogens (tertiary/aromatic N) is 2. The minimum Gasteiger partial charge on any atom is -0.370 e. The van der Waals surface area contributed by atoms with Crippen molar-refractivity contribution in [3.8, 4) is 0 Å². The van der Waals surface area contributed by atoms with Gasteiger partial charge in [0.05, 0.1) is 11.7 Å². The lowest BCUT2D eigenvalue weighted by Gasteiger charge is -2.29. The number of nitrogens with one attached hydrogen (secondary N) is 1. The Morgan fingerprint density at radius 1 is 1.36 bits per heavy atom. The average molecular weight is 382 g/mol. The fraction of sp³-hybridized carbons (Fsp3) is 0.609. The Morgan fingerprint density at radius 3 is 3.11 bits per heavy atom. The van der Waals surface area contributed by atoms with Crippen LogP contribution in [0.25, 0.3) is 10.9 Å². The van der Waals surface area contributed by atoms with Crippen LogP contribution in [-0.4, -0.2) is 46.7 Å². The summed E-state index contributed by atoms with van der Waals surface area (Å²) < 4.78 is 8.70. The van der Waals surface area contributed by atoms with Gasteiger partial charge in [0.15, 0.2) is 0 Å². The Hall–Kier alpha value is -1.85. The quantitative estimate of drug-likeness (QED) is 0.837. The van der Waals surface area contributed by atoms with Gasteiger partial charge < -0.3 is 14.6 Å². The Balaban J connectivity index is 1.27. The van der Waals surface area contributed by atoms with E-state index in [2.05, 4.69) is 59.2 Å². The maximum absolute atomic E-state index is 11.9. The number of amides is 1. The molecule has 0 aliphatic carbocycles. The predicted molar refractivity (Wildman–Crippen MR) is 110 cm³/mol. The van der Waals surface area contributed by atoms with Crippen LogP contribution in [0.3, 0.4) is 0 Å². The number of benzene rings is 1. The highest BCUT2D eigenvalue weighted by Crippen LogP contribution is 2.54. The Bertz CT molecular complexity index is 891. The molecular formula is C23H31N3O2. The van der Waals surface area contributed by atoms with Crippen LogP contribution in [0.1, 0.15) is 38.2 Å². The normalized spacial score (nSPS) is 31.6. The van der Waals surface area contributed by atoms with Gasteiger partial charge in [0.2, 0.25) is 5.91 Å². The van der Waals surface area contributed by atoms with Gasteiger partial charge in [0.25, 0.3) is 0 Å². The summed E-state index contributed by atoms with van der Waals surface area (Å²) in [6.45, 7) is 5.92. The van der Waals surface area contributed by atoms with Crippen LogP contribution in [0, 0.1) is 11.8 Å². The summed E-state index contributed by atoms with van der Waals surface area (Å²) in [6.07, 6.45) is 6.32. The Morgan fingerprint density at radius 2 is 2.25 bits per heavy atom. The summed E-state index contributed by atoms with van der Waals surface area (Å²) >= 11 is 0. The van der Waals surface area contributed by atoms with Crippen molar-refractivity contribution in [2.24, 2.45) is 18.9 Å². The molecule has 2 bridgehead atoms. The molecule has 4 heterocycles. The SMILES string of the molecule is CCCC(=O)NC[C@H]1[C@H]2CN(Cc3ccc4c(ccn4C)c3)C[C@]23CC[C@H]1O3. The number of ether oxygens (including phenoxy) is 1. The van der Waals surface area contributed by atoms with Gasteiger partial charge in [-0.1, -0.05) is 13.0 Å². The van der Waals surface area contributed by atoms with E-state index in [1.54, 1.807) is 0 Å². The summed E-state index contributed by atoms with van der Waals surface area (Å²) in [7, 11) is 2.09. The topological polar surface area (TPSA) is 46.5 Å². The molecule has 1 N–H and O–H groups in total. The third-order valence-corrected chi connectivity index (χ3v) is 7.22. The molecule has 3 aliphatic rings. The summed E-state index contributed by atoms with van der Waals surface area (Å²) in [5, 5.41) is 4.48. The second-order valence-electron chi connectivity index (χ2n) is 9.07. The van der Waals surface area contributed by atoms with Crippen LogP contribution in [0.5, 0.6) is 0 Å². The molecular weight excluding hydrogens is 350 g/mol. The molecule has 5 rings (SSSR count). The van der Waals surface area contributed by atoms with Gasteiger partial charge in [0.1, 0.15) is 0 Å². The molecule has 1 spiro atoms. The molecule has 5 nitrogen and oxygen atoms in total. The molecule has 4 atom stereocenters. The Labute approximate surface area is 167 Å². The molecule has 3 fully saturated rings. The van der Waals surface area contributed by atoms with E-state index in [-0.39, 0.29) is 11.5 Å². The van der Waals surface area contributed by atoms with Crippen LogP contribution in [0.4, 0.5) is 0 Å². The third kappa shape index (κ3) is 2.96. The second kappa shape index (κ2) is 6.89. The summed E-state index contributed by atoms with van der Waals surface area (Å²) in [5.41, 5.74) is 2.68. The third-order valence-electron chi connectivity index (χ3n) is 7.22. The van der Waals surface area contributed by atoms with Crippen molar-refractivity contribution in [1.82, 2.24) is 14.8 Å². The van der Waals surface area contributed by atoms with Crippen molar-refractivity contribution in [1.29, 1.82) is 0 Å². The molecule has 0 unspecified atom stereocenters. The van der Waals surface area contributed by atoms with Gasteiger partial charge in [-0.05, 0) is 48.4 Å². The molecule has 150 valence electrons. The minimum atomic E-state index is 0.0294. The molecule has 28 heavy (non-hydrogen) atoms. The number of fused-ring (bicyclic) bond motifs is 2. The van der Waals surface area contributed by atoms with Gasteiger partial charge in [-0.2, -0.15) is 0 Å². The zero-order valence-corrected chi connectivity index (χ0v) is 17.0. The van der Waals surface area contributed by atoms with Crippen molar-refractivity contribution in [3.63, 3.8) is 0 Å². The fourth-order valence-electron chi connectivity index (χ4n) is 5.91. The lowest BCUT2D eigenvalue weighted by atomic mass is 9.73. The average Bonchev–Trinajstić information content (AvgIpc) is 3.40. The first-order valence-electron chi connectivity index (χ1n) is 10.8.